The molecule has 4 heteroatoms. The van der Waals surface area contributed by atoms with Gasteiger partial charge in [-0.1, -0.05) is 19.4 Å². The van der Waals surface area contributed by atoms with Gasteiger partial charge in [-0.05, 0) is 40.0 Å². The lowest BCUT2D eigenvalue weighted by Gasteiger charge is -2.12. The van der Waals surface area contributed by atoms with Gasteiger partial charge in [-0.15, -0.1) is 12.4 Å². The standard InChI is InChI=1S/C11H16BrNO.ClH/c1-3-4-10(13)8-5-6-11(14-2)9(12)7-8;/h5-7,10H,3-4,13H2,1-2H3;1H/t10-;/m1./s1. The normalized spacial score (nSPS) is 11.7. The molecule has 0 aliphatic heterocycles. The van der Waals surface area contributed by atoms with E-state index < -0.39 is 0 Å². The molecule has 86 valence electrons. The van der Waals surface area contributed by atoms with Crippen molar-refractivity contribution >= 4 is 28.3 Å². The van der Waals surface area contributed by atoms with Crippen molar-refractivity contribution in [2.75, 3.05) is 7.11 Å². The average Bonchev–Trinajstić information content (AvgIpc) is 2.18. The summed E-state index contributed by atoms with van der Waals surface area (Å²) in [6.07, 6.45) is 2.11. The summed E-state index contributed by atoms with van der Waals surface area (Å²) in [5.74, 6) is 0.845. The summed E-state index contributed by atoms with van der Waals surface area (Å²) in [5.41, 5.74) is 7.16. The quantitative estimate of drug-likeness (QED) is 0.919. The topological polar surface area (TPSA) is 35.2 Å². The largest absolute Gasteiger partial charge is 0.496 e. The third-order valence-electron chi connectivity index (χ3n) is 2.20. The average molecular weight is 295 g/mol. The third-order valence-corrected chi connectivity index (χ3v) is 2.82. The smallest absolute Gasteiger partial charge is 0.133 e. The maximum Gasteiger partial charge on any atom is 0.133 e. The van der Waals surface area contributed by atoms with Crippen LogP contribution in [-0.2, 0) is 0 Å². The fourth-order valence-electron chi connectivity index (χ4n) is 1.39. The number of ether oxygens (including phenoxy) is 1. The molecule has 1 aromatic carbocycles. The van der Waals surface area contributed by atoms with Gasteiger partial charge in [0.15, 0.2) is 0 Å². The van der Waals surface area contributed by atoms with E-state index in [1.807, 2.05) is 18.2 Å². The van der Waals surface area contributed by atoms with Crippen molar-refractivity contribution in [2.24, 2.45) is 5.73 Å². The Bertz CT molecular complexity index is 307. The monoisotopic (exact) mass is 293 g/mol. The van der Waals surface area contributed by atoms with Crippen molar-refractivity contribution in [1.29, 1.82) is 0 Å². The molecule has 0 aliphatic rings. The summed E-state index contributed by atoms with van der Waals surface area (Å²) in [5, 5.41) is 0. The van der Waals surface area contributed by atoms with Gasteiger partial charge in [-0.2, -0.15) is 0 Å². The minimum Gasteiger partial charge on any atom is -0.496 e. The lowest BCUT2D eigenvalue weighted by Crippen LogP contribution is -2.09. The van der Waals surface area contributed by atoms with Gasteiger partial charge in [0.25, 0.3) is 0 Å². The fraction of sp³-hybridized carbons (Fsp3) is 0.455. The van der Waals surface area contributed by atoms with Crippen LogP contribution in [0.3, 0.4) is 0 Å². The Hall–Kier alpha value is -0.250. The molecule has 0 spiro atoms. The van der Waals surface area contributed by atoms with Gasteiger partial charge in [-0.3, -0.25) is 0 Å². The Morgan fingerprint density at radius 1 is 1.47 bits per heavy atom. The van der Waals surface area contributed by atoms with E-state index >= 15 is 0 Å². The van der Waals surface area contributed by atoms with Gasteiger partial charge < -0.3 is 10.5 Å². The van der Waals surface area contributed by atoms with Crippen molar-refractivity contribution in [2.45, 2.75) is 25.8 Å². The Morgan fingerprint density at radius 3 is 2.60 bits per heavy atom. The van der Waals surface area contributed by atoms with Crippen LogP contribution >= 0.6 is 28.3 Å². The molecule has 0 amide bonds. The molecule has 0 radical (unpaired) electrons. The van der Waals surface area contributed by atoms with Gasteiger partial charge in [-0.25, -0.2) is 0 Å². The number of nitrogens with two attached hydrogens (primary N) is 1. The molecule has 0 fully saturated rings. The molecular weight excluding hydrogens is 277 g/mol. The summed E-state index contributed by atoms with van der Waals surface area (Å²) >= 11 is 3.45. The number of methoxy groups -OCH3 is 1. The van der Waals surface area contributed by atoms with E-state index in [-0.39, 0.29) is 18.4 Å². The Labute approximate surface area is 106 Å². The molecule has 2 nitrogen and oxygen atoms in total. The van der Waals surface area contributed by atoms with Crippen LogP contribution in [0.25, 0.3) is 0 Å². The number of hydrogen-bond donors (Lipinski definition) is 1. The van der Waals surface area contributed by atoms with Crippen molar-refractivity contribution in [3.05, 3.63) is 28.2 Å². The molecule has 1 rings (SSSR count). The Balaban J connectivity index is 0.00000196. The third kappa shape index (κ3) is 4.01. The zero-order valence-electron chi connectivity index (χ0n) is 9.00. The first kappa shape index (κ1) is 14.8. The van der Waals surface area contributed by atoms with Gasteiger partial charge in [0.05, 0.1) is 11.6 Å². The Morgan fingerprint density at radius 2 is 2.13 bits per heavy atom. The van der Waals surface area contributed by atoms with Crippen molar-refractivity contribution < 1.29 is 4.74 Å². The Kier molecular flexibility index (Phi) is 6.98. The first-order chi connectivity index (χ1) is 6.69. The molecule has 0 saturated heterocycles. The lowest BCUT2D eigenvalue weighted by molar-refractivity contribution is 0.411. The van der Waals surface area contributed by atoms with E-state index in [0.29, 0.717) is 0 Å². The highest BCUT2D eigenvalue weighted by Crippen LogP contribution is 2.28. The van der Waals surface area contributed by atoms with E-state index in [9.17, 15) is 0 Å². The molecular formula is C11H17BrClNO. The predicted molar refractivity (Wildman–Crippen MR) is 69.8 cm³/mol. The van der Waals surface area contributed by atoms with E-state index in [1.54, 1.807) is 7.11 Å². The zero-order valence-corrected chi connectivity index (χ0v) is 11.4. The van der Waals surface area contributed by atoms with Crippen LogP contribution in [0.2, 0.25) is 0 Å². The highest BCUT2D eigenvalue weighted by atomic mass is 79.9. The van der Waals surface area contributed by atoms with Crippen LogP contribution in [0.15, 0.2) is 22.7 Å². The summed E-state index contributed by atoms with van der Waals surface area (Å²) < 4.78 is 6.11. The zero-order chi connectivity index (χ0) is 10.6. The number of halogens is 2. The summed E-state index contributed by atoms with van der Waals surface area (Å²) in [4.78, 5) is 0. The molecule has 2 N–H and O–H groups in total. The lowest BCUT2D eigenvalue weighted by atomic mass is 10.0. The molecule has 1 atom stereocenters. The van der Waals surface area contributed by atoms with Crippen LogP contribution in [0.1, 0.15) is 31.4 Å². The van der Waals surface area contributed by atoms with Crippen LogP contribution in [0.5, 0.6) is 5.75 Å². The van der Waals surface area contributed by atoms with Gasteiger partial charge in [0.2, 0.25) is 0 Å². The number of hydrogen-bond acceptors (Lipinski definition) is 2. The van der Waals surface area contributed by atoms with Crippen LogP contribution in [0, 0.1) is 0 Å². The SMILES string of the molecule is CCC[C@@H](N)c1ccc(OC)c(Br)c1.Cl. The molecule has 0 saturated carbocycles. The maximum absolute atomic E-state index is 6.00. The molecule has 0 bridgehead atoms. The molecule has 0 aliphatic carbocycles. The van der Waals surface area contributed by atoms with Crippen molar-refractivity contribution in [3.63, 3.8) is 0 Å². The number of rotatable bonds is 4. The molecule has 0 unspecified atom stereocenters. The van der Waals surface area contributed by atoms with E-state index in [4.69, 9.17) is 10.5 Å². The molecule has 0 aromatic heterocycles. The van der Waals surface area contributed by atoms with Crippen LogP contribution < -0.4 is 10.5 Å². The fourth-order valence-corrected chi connectivity index (χ4v) is 1.95. The first-order valence-corrected chi connectivity index (χ1v) is 5.57. The van der Waals surface area contributed by atoms with E-state index in [0.717, 1.165) is 28.6 Å². The van der Waals surface area contributed by atoms with E-state index in [1.165, 1.54) is 0 Å². The highest BCUT2D eigenvalue weighted by Gasteiger charge is 2.07. The predicted octanol–water partition coefficient (Wildman–Crippen LogP) is 3.68. The first-order valence-electron chi connectivity index (χ1n) is 4.78. The van der Waals surface area contributed by atoms with Crippen LogP contribution in [-0.4, -0.2) is 7.11 Å². The second-order valence-electron chi connectivity index (χ2n) is 3.29. The second-order valence-corrected chi connectivity index (χ2v) is 4.14. The minimum atomic E-state index is 0. The summed E-state index contributed by atoms with van der Waals surface area (Å²) in [7, 11) is 1.66. The molecule has 15 heavy (non-hydrogen) atoms. The second kappa shape index (κ2) is 7.09. The maximum atomic E-state index is 6.00. The van der Waals surface area contributed by atoms with E-state index in [2.05, 4.69) is 22.9 Å². The van der Waals surface area contributed by atoms with Gasteiger partial charge >= 0.3 is 0 Å². The van der Waals surface area contributed by atoms with Crippen molar-refractivity contribution in [1.82, 2.24) is 0 Å². The summed E-state index contributed by atoms with van der Waals surface area (Å²) in [6.45, 7) is 2.14. The van der Waals surface area contributed by atoms with Crippen LogP contribution in [0.4, 0.5) is 0 Å². The van der Waals surface area contributed by atoms with Gasteiger partial charge in [0, 0.05) is 6.04 Å². The van der Waals surface area contributed by atoms with Gasteiger partial charge in [0.1, 0.15) is 5.75 Å². The van der Waals surface area contributed by atoms with Crippen molar-refractivity contribution in [3.8, 4) is 5.75 Å². The number of benzene rings is 1. The molecule has 0 heterocycles. The molecule has 1 aromatic rings. The highest BCUT2D eigenvalue weighted by molar-refractivity contribution is 9.10. The minimum absolute atomic E-state index is 0. The summed E-state index contributed by atoms with van der Waals surface area (Å²) in [6, 6.07) is 6.11.